The monoisotopic (exact) mass is 366 g/mol. The van der Waals surface area contributed by atoms with Gasteiger partial charge in [0.15, 0.2) is 6.10 Å². The van der Waals surface area contributed by atoms with Gasteiger partial charge in [-0.1, -0.05) is 48.9 Å². The van der Waals surface area contributed by atoms with Crippen LogP contribution in [0.25, 0.3) is 0 Å². The number of hydrogen-bond acceptors (Lipinski definition) is 3. The van der Waals surface area contributed by atoms with Gasteiger partial charge in [-0.05, 0) is 62.5 Å². The summed E-state index contributed by atoms with van der Waals surface area (Å²) >= 11 is 0. The third kappa shape index (κ3) is 5.83. The van der Waals surface area contributed by atoms with Gasteiger partial charge in [0.2, 0.25) is 0 Å². The summed E-state index contributed by atoms with van der Waals surface area (Å²) in [7, 11) is 0. The van der Waals surface area contributed by atoms with Crippen molar-refractivity contribution in [3.8, 4) is 5.75 Å². The van der Waals surface area contributed by atoms with E-state index in [4.69, 9.17) is 4.74 Å². The van der Waals surface area contributed by atoms with Crippen LogP contribution < -0.4 is 10.1 Å². The molecular formula is C23H30N2O2. The lowest BCUT2D eigenvalue weighted by molar-refractivity contribution is -0.128. The third-order valence-electron chi connectivity index (χ3n) is 5.06. The van der Waals surface area contributed by atoms with Gasteiger partial charge >= 0.3 is 0 Å². The van der Waals surface area contributed by atoms with Crippen LogP contribution in [0.5, 0.6) is 5.75 Å². The smallest absolute Gasteiger partial charge is 0.261 e. The summed E-state index contributed by atoms with van der Waals surface area (Å²) in [4.78, 5) is 15.0. The molecule has 0 spiro atoms. The first-order chi connectivity index (χ1) is 13.1. The number of ether oxygens (including phenoxy) is 1. The molecular weight excluding hydrogens is 336 g/mol. The van der Waals surface area contributed by atoms with Gasteiger partial charge in [-0.3, -0.25) is 9.69 Å². The summed E-state index contributed by atoms with van der Waals surface area (Å²) < 4.78 is 5.84. The number of likely N-dealkylation sites (tertiary alicyclic amines) is 1. The molecule has 1 heterocycles. The fourth-order valence-electron chi connectivity index (χ4n) is 3.37. The highest BCUT2D eigenvalue weighted by atomic mass is 16.5. The molecule has 1 aliphatic heterocycles. The number of amides is 1. The molecule has 3 rings (SSSR count). The van der Waals surface area contributed by atoms with E-state index in [0.717, 1.165) is 17.9 Å². The normalized spacial score (nSPS) is 15.5. The maximum atomic E-state index is 12.5. The van der Waals surface area contributed by atoms with Crippen LogP contribution in [0.4, 0.5) is 0 Å². The van der Waals surface area contributed by atoms with Crippen molar-refractivity contribution in [3.63, 3.8) is 0 Å². The predicted octanol–water partition coefficient (Wildman–Crippen LogP) is 4.06. The Balaban J connectivity index is 1.48. The Bertz CT molecular complexity index is 719. The lowest BCUT2D eigenvalue weighted by Crippen LogP contribution is -2.37. The van der Waals surface area contributed by atoms with Crippen LogP contribution in [-0.4, -0.2) is 30.0 Å². The van der Waals surface area contributed by atoms with Gasteiger partial charge in [-0.25, -0.2) is 0 Å². The molecule has 4 heteroatoms. The number of rotatable bonds is 8. The third-order valence-corrected chi connectivity index (χ3v) is 5.06. The highest BCUT2D eigenvalue weighted by Gasteiger charge is 2.18. The van der Waals surface area contributed by atoms with Crippen LogP contribution in [0.3, 0.4) is 0 Å². The summed E-state index contributed by atoms with van der Waals surface area (Å²) in [6, 6.07) is 16.3. The van der Waals surface area contributed by atoms with Gasteiger partial charge in [0.1, 0.15) is 5.75 Å². The van der Waals surface area contributed by atoms with E-state index in [-0.39, 0.29) is 5.91 Å². The summed E-state index contributed by atoms with van der Waals surface area (Å²) in [5.41, 5.74) is 3.62. The van der Waals surface area contributed by atoms with E-state index in [1.54, 1.807) is 0 Å². The van der Waals surface area contributed by atoms with Crippen LogP contribution in [0.1, 0.15) is 42.9 Å². The van der Waals surface area contributed by atoms with Crippen molar-refractivity contribution in [2.24, 2.45) is 0 Å². The van der Waals surface area contributed by atoms with Gasteiger partial charge < -0.3 is 10.1 Å². The van der Waals surface area contributed by atoms with Crippen molar-refractivity contribution in [2.45, 2.75) is 52.3 Å². The lowest BCUT2D eigenvalue weighted by Gasteiger charge is -2.18. The molecule has 1 aliphatic rings. The van der Waals surface area contributed by atoms with E-state index in [1.165, 1.54) is 37.1 Å². The molecule has 1 fully saturated rings. The molecule has 0 bridgehead atoms. The first kappa shape index (κ1) is 19.4. The molecule has 1 saturated heterocycles. The van der Waals surface area contributed by atoms with Gasteiger partial charge in [0.05, 0.1) is 0 Å². The van der Waals surface area contributed by atoms with E-state index < -0.39 is 6.10 Å². The van der Waals surface area contributed by atoms with E-state index in [9.17, 15) is 4.79 Å². The molecule has 4 nitrogen and oxygen atoms in total. The molecule has 2 aromatic carbocycles. The molecule has 1 N–H and O–H groups in total. The zero-order valence-electron chi connectivity index (χ0n) is 16.4. The molecule has 144 valence electrons. The fraction of sp³-hybridized carbons (Fsp3) is 0.435. The molecule has 0 aliphatic carbocycles. The molecule has 0 unspecified atom stereocenters. The Morgan fingerprint density at radius 1 is 1.04 bits per heavy atom. The van der Waals surface area contributed by atoms with Gasteiger partial charge in [-0.2, -0.15) is 0 Å². The Morgan fingerprint density at radius 3 is 2.30 bits per heavy atom. The first-order valence-electron chi connectivity index (χ1n) is 9.95. The Morgan fingerprint density at radius 2 is 1.67 bits per heavy atom. The van der Waals surface area contributed by atoms with Crippen molar-refractivity contribution >= 4 is 5.91 Å². The van der Waals surface area contributed by atoms with E-state index in [1.807, 2.05) is 38.1 Å². The second kappa shape index (κ2) is 9.56. The number of nitrogens with one attached hydrogen (secondary N) is 1. The lowest BCUT2D eigenvalue weighted by atomic mass is 10.1. The number of hydrogen-bond donors (Lipinski definition) is 1. The number of carbonyl (C=O) groups is 1. The molecule has 27 heavy (non-hydrogen) atoms. The molecule has 1 amide bonds. The minimum atomic E-state index is -0.470. The maximum Gasteiger partial charge on any atom is 0.261 e. The van der Waals surface area contributed by atoms with Crippen LogP contribution in [0, 0.1) is 6.92 Å². The second-order valence-electron chi connectivity index (χ2n) is 7.35. The van der Waals surface area contributed by atoms with E-state index in [2.05, 4.69) is 34.5 Å². The summed E-state index contributed by atoms with van der Waals surface area (Å²) in [6.45, 7) is 7.95. The number of aryl methyl sites for hydroxylation is 1. The minimum absolute atomic E-state index is 0.0702. The molecule has 0 saturated carbocycles. The largest absolute Gasteiger partial charge is 0.481 e. The highest BCUT2D eigenvalue weighted by Crippen LogP contribution is 2.15. The average molecular weight is 367 g/mol. The standard InChI is InChI=1S/C23H30N2O2/c1-3-22(27-21-12-6-18(2)7-13-21)23(26)24-16-19-8-10-20(11-9-19)17-25-14-4-5-15-25/h6-13,22H,3-5,14-17H2,1-2H3,(H,24,26)/t22-/m1/s1. The van der Waals surface area contributed by atoms with Crippen LogP contribution in [-0.2, 0) is 17.9 Å². The van der Waals surface area contributed by atoms with Crippen molar-refractivity contribution in [2.75, 3.05) is 13.1 Å². The second-order valence-corrected chi connectivity index (χ2v) is 7.35. The minimum Gasteiger partial charge on any atom is -0.481 e. The van der Waals surface area contributed by atoms with Crippen LogP contribution >= 0.6 is 0 Å². The van der Waals surface area contributed by atoms with Crippen molar-refractivity contribution in [3.05, 3.63) is 65.2 Å². The Hall–Kier alpha value is -2.33. The quantitative estimate of drug-likeness (QED) is 0.766. The highest BCUT2D eigenvalue weighted by molar-refractivity contribution is 5.81. The van der Waals surface area contributed by atoms with E-state index in [0.29, 0.717) is 13.0 Å². The first-order valence-corrected chi connectivity index (χ1v) is 9.95. The molecule has 2 aromatic rings. The molecule has 0 radical (unpaired) electrons. The number of nitrogens with zero attached hydrogens (tertiary/aromatic N) is 1. The zero-order valence-corrected chi connectivity index (χ0v) is 16.4. The van der Waals surface area contributed by atoms with Gasteiger partial charge in [0, 0.05) is 13.1 Å². The number of carbonyl (C=O) groups excluding carboxylic acids is 1. The Labute approximate surface area is 162 Å². The summed E-state index contributed by atoms with van der Waals surface area (Å²) in [6.07, 6.45) is 2.79. The maximum absolute atomic E-state index is 12.5. The number of benzene rings is 2. The van der Waals surface area contributed by atoms with E-state index >= 15 is 0 Å². The molecule has 0 aromatic heterocycles. The van der Waals surface area contributed by atoms with Crippen LogP contribution in [0.2, 0.25) is 0 Å². The zero-order chi connectivity index (χ0) is 19.1. The predicted molar refractivity (Wildman–Crippen MR) is 109 cm³/mol. The SMILES string of the molecule is CC[C@@H](Oc1ccc(C)cc1)C(=O)NCc1ccc(CN2CCCC2)cc1. The van der Waals surface area contributed by atoms with Gasteiger partial charge in [-0.15, -0.1) is 0 Å². The van der Waals surface area contributed by atoms with Gasteiger partial charge in [0.25, 0.3) is 5.91 Å². The van der Waals surface area contributed by atoms with Crippen molar-refractivity contribution < 1.29 is 9.53 Å². The summed E-state index contributed by atoms with van der Waals surface area (Å²) in [5, 5.41) is 3.00. The van der Waals surface area contributed by atoms with Crippen molar-refractivity contribution in [1.82, 2.24) is 10.2 Å². The molecule has 1 atom stereocenters. The topological polar surface area (TPSA) is 41.6 Å². The van der Waals surface area contributed by atoms with Crippen molar-refractivity contribution in [1.29, 1.82) is 0 Å². The average Bonchev–Trinajstić information content (AvgIpc) is 3.20. The van der Waals surface area contributed by atoms with Crippen LogP contribution in [0.15, 0.2) is 48.5 Å². The summed E-state index contributed by atoms with van der Waals surface area (Å²) in [5.74, 6) is 0.660. The Kier molecular flexibility index (Phi) is 6.88. The fourth-order valence-corrected chi connectivity index (χ4v) is 3.37.